The Hall–Kier alpha value is -2.42. The number of imide groups is 1. The van der Waals surface area contributed by atoms with Gasteiger partial charge in [0.25, 0.3) is 5.91 Å². The lowest BCUT2D eigenvalue weighted by molar-refractivity contribution is -0.131. The largest absolute Gasteiger partial charge is 0.327 e. The summed E-state index contributed by atoms with van der Waals surface area (Å²) >= 11 is 0. The SMILES string of the molecule is O=C1C2CCCN2C(=O)N1CC(=O)N(c1ccccc1)C1CCS(=O)(=O)C1. The number of nitrogens with zero attached hydrogens (tertiary/aromatic N) is 3. The van der Waals surface area contributed by atoms with Crippen LogP contribution in [0.2, 0.25) is 0 Å². The van der Waals surface area contributed by atoms with Crippen LogP contribution >= 0.6 is 0 Å². The Bertz CT molecular complexity index is 864. The third kappa shape index (κ3) is 3.20. The first-order valence-electron chi connectivity index (χ1n) is 9.07. The van der Waals surface area contributed by atoms with Gasteiger partial charge in [0.15, 0.2) is 9.84 Å². The summed E-state index contributed by atoms with van der Waals surface area (Å²) in [6.07, 6.45) is 1.76. The molecule has 1 aromatic rings. The van der Waals surface area contributed by atoms with Crippen LogP contribution in [-0.4, -0.2) is 72.7 Å². The van der Waals surface area contributed by atoms with Crippen LogP contribution < -0.4 is 4.90 Å². The number of anilines is 1. The minimum Gasteiger partial charge on any atom is -0.312 e. The summed E-state index contributed by atoms with van der Waals surface area (Å²) in [4.78, 5) is 42.0. The summed E-state index contributed by atoms with van der Waals surface area (Å²) in [5.74, 6) is -0.847. The molecule has 2 unspecified atom stereocenters. The van der Waals surface area contributed by atoms with E-state index < -0.39 is 33.9 Å². The molecule has 0 spiro atoms. The second-order valence-electron chi connectivity index (χ2n) is 7.21. The number of amides is 4. The normalized spacial score (nSPS) is 26.5. The molecule has 3 heterocycles. The van der Waals surface area contributed by atoms with Crippen LogP contribution in [0.5, 0.6) is 0 Å². The maximum Gasteiger partial charge on any atom is 0.327 e. The van der Waals surface area contributed by atoms with Gasteiger partial charge in [-0.05, 0) is 31.4 Å². The standard InChI is InChI=1S/C18H21N3O5S/c22-16(11-20-17(23)15-7-4-9-19(15)18(20)24)21(13-5-2-1-3-6-13)14-8-10-27(25,26)12-14/h1-3,5-6,14-15H,4,7-12H2. The molecule has 27 heavy (non-hydrogen) atoms. The Kier molecular flexibility index (Phi) is 4.41. The Balaban J connectivity index is 1.58. The molecular weight excluding hydrogens is 370 g/mol. The molecule has 0 bridgehead atoms. The maximum atomic E-state index is 13.1. The van der Waals surface area contributed by atoms with Crippen molar-refractivity contribution in [1.29, 1.82) is 0 Å². The monoisotopic (exact) mass is 391 g/mol. The van der Waals surface area contributed by atoms with E-state index in [1.54, 1.807) is 30.3 Å². The minimum atomic E-state index is -3.19. The molecule has 0 saturated carbocycles. The highest BCUT2D eigenvalue weighted by Gasteiger charge is 2.48. The van der Waals surface area contributed by atoms with E-state index in [0.717, 1.165) is 11.3 Å². The van der Waals surface area contributed by atoms with Gasteiger partial charge in [0.05, 0.1) is 17.5 Å². The van der Waals surface area contributed by atoms with Crippen molar-refractivity contribution < 1.29 is 22.8 Å². The van der Waals surface area contributed by atoms with Crippen molar-refractivity contribution in [2.24, 2.45) is 0 Å². The quantitative estimate of drug-likeness (QED) is 0.702. The van der Waals surface area contributed by atoms with Crippen molar-refractivity contribution in [3.8, 4) is 0 Å². The fourth-order valence-electron chi connectivity index (χ4n) is 4.16. The molecule has 0 aromatic heterocycles. The zero-order valence-electron chi connectivity index (χ0n) is 14.8. The summed E-state index contributed by atoms with van der Waals surface area (Å²) in [5, 5.41) is 0. The van der Waals surface area contributed by atoms with Crippen LogP contribution in [0, 0.1) is 0 Å². The van der Waals surface area contributed by atoms with Gasteiger partial charge in [-0.15, -0.1) is 0 Å². The predicted octanol–water partition coefficient (Wildman–Crippen LogP) is 0.633. The fourth-order valence-corrected chi connectivity index (χ4v) is 5.86. The Morgan fingerprint density at radius 2 is 1.89 bits per heavy atom. The maximum absolute atomic E-state index is 13.1. The van der Waals surface area contributed by atoms with Gasteiger partial charge in [0.2, 0.25) is 5.91 Å². The number of sulfone groups is 1. The van der Waals surface area contributed by atoms with Crippen LogP contribution in [0.3, 0.4) is 0 Å². The number of benzene rings is 1. The summed E-state index contributed by atoms with van der Waals surface area (Å²) in [6, 6.07) is 7.42. The number of carbonyl (C=O) groups excluding carboxylic acids is 3. The summed E-state index contributed by atoms with van der Waals surface area (Å²) in [6.45, 7) is 0.166. The molecule has 3 aliphatic rings. The molecule has 4 rings (SSSR count). The van der Waals surface area contributed by atoms with Gasteiger partial charge in [-0.1, -0.05) is 18.2 Å². The van der Waals surface area contributed by atoms with Gasteiger partial charge in [-0.3, -0.25) is 14.5 Å². The van der Waals surface area contributed by atoms with Gasteiger partial charge < -0.3 is 9.80 Å². The number of urea groups is 1. The molecule has 3 saturated heterocycles. The first kappa shape index (κ1) is 18.0. The molecule has 1 aromatic carbocycles. The van der Waals surface area contributed by atoms with Crippen molar-refractivity contribution in [1.82, 2.24) is 9.80 Å². The second kappa shape index (κ2) is 6.63. The topological polar surface area (TPSA) is 95.1 Å². The highest BCUT2D eigenvalue weighted by molar-refractivity contribution is 7.91. The zero-order valence-corrected chi connectivity index (χ0v) is 15.6. The number of rotatable bonds is 4. The first-order chi connectivity index (χ1) is 12.9. The zero-order chi connectivity index (χ0) is 19.2. The van der Waals surface area contributed by atoms with E-state index in [4.69, 9.17) is 0 Å². The van der Waals surface area contributed by atoms with Gasteiger partial charge in [0, 0.05) is 12.2 Å². The highest BCUT2D eigenvalue weighted by Crippen LogP contribution is 2.29. The Morgan fingerprint density at radius 1 is 1.15 bits per heavy atom. The van der Waals surface area contributed by atoms with E-state index in [9.17, 15) is 22.8 Å². The van der Waals surface area contributed by atoms with Crippen LogP contribution in [0.15, 0.2) is 30.3 Å². The molecule has 9 heteroatoms. The lowest BCUT2D eigenvalue weighted by atomic mass is 10.1. The smallest absolute Gasteiger partial charge is 0.312 e. The van der Waals surface area contributed by atoms with Crippen molar-refractivity contribution in [3.63, 3.8) is 0 Å². The number of para-hydroxylation sites is 1. The lowest BCUT2D eigenvalue weighted by Crippen LogP contribution is -2.48. The molecular formula is C18H21N3O5S. The van der Waals surface area contributed by atoms with E-state index in [1.807, 2.05) is 0 Å². The van der Waals surface area contributed by atoms with Gasteiger partial charge >= 0.3 is 6.03 Å². The third-order valence-corrected chi connectivity index (χ3v) is 7.20. The van der Waals surface area contributed by atoms with E-state index in [1.165, 1.54) is 9.80 Å². The summed E-state index contributed by atoms with van der Waals surface area (Å²) < 4.78 is 23.8. The summed E-state index contributed by atoms with van der Waals surface area (Å²) in [7, 11) is -3.19. The Labute approximate surface area is 157 Å². The van der Waals surface area contributed by atoms with Gasteiger partial charge in [0.1, 0.15) is 12.6 Å². The molecule has 4 amide bonds. The molecule has 3 aliphatic heterocycles. The van der Waals surface area contributed by atoms with Crippen molar-refractivity contribution >= 4 is 33.4 Å². The molecule has 0 N–H and O–H groups in total. The predicted molar refractivity (Wildman–Crippen MR) is 97.8 cm³/mol. The number of fused-ring (bicyclic) bond motifs is 1. The van der Waals surface area contributed by atoms with Crippen LogP contribution in [-0.2, 0) is 19.4 Å². The van der Waals surface area contributed by atoms with Crippen molar-refractivity contribution in [3.05, 3.63) is 30.3 Å². The van der Waals surface area contributed by atoms with Crippen LogP contribution in [0.4, 0.5) is 10.5 Å². The molecule has 8 nitrogen and oxygen atoms in total. The third-order valence-electron chi connectivity index (χ3n) is 5.45. The molecule has 0 radical (unpaired) electrons. The van der Waals surface area contributed by atoms with E-state index in [2.05, 4.69) is 0 Å². The molecule has 0 aliphatic carbocycles. The first-order valence-corrected chi connectivity index (χ1v) is 10.9. The Morgan fingerprint density at radius 3 is 2.52 bits per heavy atom. The number of hydrogen-bond acceptors (Lipinski definition) is 5. The molecule has 2 atom stereocenters. The number of hydrogen-bond donors (Lipinski definition) is 0. The van der Waals surface area contributed by atoms with Gasteiger partial charge in [-0.25, -0.2) is 13.2 Å². The molecule has 144 valence electrons. The van der Waals surface area contributed by atoms with Crippen LogP contribution in [0.25, 0.3) is 0 Å². The van der Waals surface area contributed by atoms with Crippen molar-refractivity contribution in [2.45, 2.75) is 31.3 Å². The van der Waals surface area contributed by atoms with E-state index in [0.29, 0.717) is 25.1 Å². The highest BCUT2D eigenvalue weighted by atomic mass is 32.2. The average Bonchev–Trinajstić information content (AvgIpc) is 3.31. The van der Waals surface area contributed by atoms with Crippen molar-refractivity contribution in [2.75, 3.05) is 29.5 Å². The number of carbonyl (C=O) groups is 3. The average molecular weight is 391 g/mol. The molecule has 3 fully saturated rings. The fraction of sp³-hybridized carbons (Fsp3) is 0.500. The minimum absolute atomic E-state index is 0.0334. The van der Waals surface area contributed by atoms with E-state index >= 15 is 0 Å². The van der Waals surface area contributed by atoms with Crippen LogP contribution in [0.1, 0.15) is 19.3 Å². The lowest BCUT2D eigenvalue weighted by Gasteiger charge is -2.29. The summed E-state index contributed by atoms with van der Waals surface area (Å²) in [5.41, 5.74) is 0.573. The van der Waals surface area contributed by atoms with E-state index in [-0.39, 0.29) is 24.0 Å². The second-order valence-corrected chi connectivity index (χ2v) is 9.44. The van der Waals surface area contributed by atoms with Gasteiger partial charge in [-0.2, -0.15) is 0 Å².